The number of para-hydroxylation sites is 1. The molecule has 0 unspecified atom stereocenters. The molecule has 4 rings (SSSR count). The lowest BCUT2D eigenvalue weighted by Crippen LogP contribution is -2.45. The van der Waals surface area contributed by atoms with Crippen LogP contribution in [0, 0.1) is 0 Å². The topological polar surface area (TPSA) is 70.7 Å². The summed E-state index contributed by atoms with van der Waals surface area (Å²) < 4.78 is 44.1. The summed E-state index contributed by atoms with van der Waals surface area (Å²) in [5.74, 6) is 0.0959. The first-order valence-electron chi connectivity index (χ1n) is 12.0. The number of hydrogen-bond acceptors (Lipinski definition) is 4. The van der Waals surface area contributed by atoms with Gasteiger partial charge >= 0.3 is 6.18 Å². The van der Waals surface area contributed by atoms with Crippen molar-refractivity contribution < 1.29 is 27.5 Å². The Morgan fingerprint density at radius 3 is 2.41 bits per heavy atom. The number of piperidine rings is 1. The fourth-order valence-corrected chi connectivity index (χ4v) is 4.37. The number of rotatable bonds is 7. The minimum absolute atomic E-state index is 0.00292. The number of ether oxygens (including phenoxy) is 1. The maximum Gasteiger partial charge on any atom is 0.416 e. The van der Waals surface area contributed by atoms with Gasteiger partial charge in [-0.25, -0.2) is 0 Å². The van der Waals surface area contributed by atoms with Crippen LogP contribution in [0.25, 0.3) is 0 Å². The lowest BCUT2D eigenvalue weighted by Gasteiger charge is -2.35. The van der Waals surface area contributed by atoms with Gasteiger partial charge in [-0.1, -0.05) is 30.3 Å². The zero-order valence-corrected chi connectivity index (χ0v) is 20.3. The van der Waals surface area contributed by atoms with Gasteiger partial charge in [0.25, 0.3) is 11.8 Å². The number of alkyl halides is 3. The summed E-state index contributed by atoms with van der Waals surface area (Å²) in [6.07, 6.45) is -3.03. The van der Waals surface area contributed by atoms with E-state index in [4.69, 9.17) is 4.74 Å². The van der Waals surface area contributed by atoms with Gasteiger partial charge < -0.3 is 20.3 Å². The van der Waals surface area contributed by atoms with Crippen LogP contribution in [-0.2, 0) is 12.7 Å². The third-order valence-corrected chi connectivity index (χ3v) is 6.36. The number of nitrogens with one attached hydrogen (secondary N) is 2. The first kappa shape index (κ1) is 26.1. The molecule has 1 heterocycles. The van der Waals surface area contributed by atoms with Crippen LogP contribution >= 0.6 is 0 Å². The minimum atomic E-state index is -4.44. The van der Waals surface area contributed by atoms with Crippen molar-refractivity contribution in [2.75, 3.05) is 25.1 Å². The summed E-state index contributed by atoms with van der Waals surface area (Å²) in [7, 11) is 1.55. The van der Waals surface area contributed by atoms with E-state index in [1.165, 1.54) is 6.07 Å². The SMILES string of the molecule is COc1cccc(C(=O)NC2CCN(c3ccccc3C(=O)NCc3cccc(C(F)(F)F)c3)CC2)c1. The van der Waals surface area contributed by atoms with Crippen LogP contribution in [0.3, 0.4) is 0 Å². The molecule has 37 heavy (non-hydrogen) atoms. The summed E-state index contributed by atoms with van der Waals surface area (Å²) in [5.41, 5.74) is 1.36. The van der Waals surface area contributed by atoms with Crippen LogP contribution in [0.15, 0.2) is 72.8 Å². The Hall–Kier alpha value is -4.01. The molecule has 2 amide bonds. The number of anilines is 1. The molecule has 1 saturated heterocycles. The van der Waals surface area contributed by atoms with Gasteiger partial charge in [0.2, 0.25) is 0 Å². The van der Waals surface area contributed by atoms with Crippen LogP contribution < -0.4 is 20.3 Å². The summed E-state index contributed by atoms with van der Waals surface area (Å²) >= 11 is 0. The van der Waals surface area contributed by atoms with Gasteiger partial charge in [-0.15, -0.1) is 0 Å². The van der Waals surface area contributed by atoms with Gasteiger partial charge in [0, 0.05) is 36.9 Å². The van der Waals surface area contributed by atoms with Gasteiger partial charge in [0.05, 0.1) is 18.2 Å². The normalized spacial score (nSPS) is 14.2. The van der Waals surface area contributed by atoms with Crippen molar-refractivity contribution >= 4 is 17.5 Å². The third kappa shape index (κ3) is 6.61. The highest BCUT2D eigenvalue weighted by Gasteiger charge is 2.30. The largest absolute Gasteiger partial charge is 0.497 e. The number of carbonyl (C=O) groups excluding carboxylic acids is 2. The molecule has 0 aromatic heterocycles. The molecule has 194 valence electrons. The van der Waals surface area contributed by atoms with E-state index in [-0.39, 0.29) is 24.4 Å². The Labute approximate surface area is 213 Å². The number of benzene rings is 3. The number of amides is 2. The van der Waals surface area contributed by atoms with Crippen molar-refractivity contribution in [3.63, 3.8) is 0 Å². The first-order chi connectivity index (χ1) is 17.7. The molecule has 6 nitrogen and oxygen atoms in total. The predicted molar refractivity (Wildman–Crippen MR) is 135 cm³/mol. The van der Waals surface area contributed by atoms with Crippen molar-refractivity contribution in [2.45, 2.75) is 31.6 Å². The van der Waals surface area contributed by atoms with E-state index in [0.29, 0.717) is 48.4 Å². The van der Waals surface area contributed by atoms with Crippen molar-refractivity contribution in [1.82, 2.24) is 10.6 Å². The quantitative estimate of drug-likeness (QED) is 0.466. The maximum absolute atomic E-state index is 13.0. The maximum atomic E-state index is 13.0. The Kier molecular flexibility index (Phi) is 8.01. The highest BCUT2D eigenvalue weighted by atomic mass is 19.4. The lowest BCUT2D eigenvalue weighted by atomic mass is 10.0. The lowest BCUT2D eigenvalue weighted by molar-refractivity contribution is -0.137. The third-order valence-electron chi connectivity index (χ3n) is 6.36. The molecule has 0 saturated carbocycles. The number of carbonyl (C=O) groups is 2. The van der Waals surface area contributed by atoms with Crippen molar-refractivity contribution in [2.24, 2.45) is 0 Å². The molecule has 3 aromatic rings. The molecule has 3 aromatic carbocycles. The molecule has 2 N–H and O–H groups in total. The molecule has 1 aliphatic rings. The number of halogens is 3. The summed E-state index contributed by atoms with van der Waals surface area (Å²) in [6, 6.07) is 19.0. The predicted octanol–water partition coefficient (Wildman–Crippen LogP) is 5.04. The van der Waals surface area contributed by atoms with Crippen LogP contribution in [0.5, 0.6) is 5.75 Å². The Bertz CT molecular complexity index is 1250. The van der Waals surface area contributed by atoms with Gasteiger partial charge in [-0.2, -0.15) is 13.2 Å². The molecule has 9 heteroatoms. The highest BCUT2D eigenvalue weighted by molar-refractivity contribution is 5.99. The van der Waals surface area contributed by atoms with E-state index in [9.17, 15) is 22.8 Å². The van der Waals surface area contributed by atoms with Crippen LogP contribution in [-0.4, -0.2) is 38.1 Å². The molecule has 0 bridgehead atoms. The van der Waals surface area contributed by atoms with Crippen LogP contribution in [0.1, 0.15) is 44.7 Å². The number of nitrogens with zero attached hydrogens (tertiary/aromatic N) is 1. The number of hydrogen-bond donors (Lipinski definition) is 2. The fraction of sp³-hybridized carbons (Fsp3) is 0.286. The van der Waals surface area contributed by atoms with Gasteiger partial charge in [0.15, 0.2) is 0 Å². The number of methoxy groups -OCH3 is 1. The molecular formula is C28H28F3N3O3. The van der Waals surface area contributed by atoms with E-state index in [2.05, 4.69) is 15.5 Å². The van der Waals surface area contributed by atoms with Crippen molar-refractivity contribution in [3.8, 4) is 5.75 Å². The van der Waals surface area contributed by atoms with Crippen molar-refractivity contribution in [3.05, 3.63) is 95.1 Å². The molecule has 1 aliphatic heterocycles. The fourth-order valence-electron chi connectivity index (χ4n) is 4.37. The summed E-state index contributed by atoms with van der Waals surface area (Å²) in [6.45, 7) is 1.26. The second-order valence-corrected chi connectivity index (χ2v) is 8.86. The second kappa shape index (κ2) is 11.4. The van der Waals surface area contributed by atoms with Crippen LogP contribution in [0.2, 0.25) is 0 Å². The molecule has 0 spiro atoms. The van der Waals surface area contributed by atoms with Crippen LogP contribution in [0.4, 0.5) is 18.9 Å². The van der Waals surface area contributed by atoms with Gasteiger partial charge in [-0.05, 0) is 60.9 Å². The average molecular weight is 512 g/mol. The Morgan fingerprint density at radius 2 is 1.68 bits per heavy atom. The van der Waals surface area contributed by atoms with E-state index in [1.54, 1.807) is 49.6 Å². The standard InChI is InChI=1S/C28H28F3N3O3/c1-37-23-9-5-7-20(17-23)26(35)33-22-12-14-34(15-13-22)25-11-3-2-10-24(25)27(36)32-18-19-6-4-8-21(16-19)28(29,30)31/h2-11,16-17,22H,12-15,18H2,1H3,(H,32,36)(H,33,35). The average Bonchev–Trinajstić information content (AvgIpc) is 2.92. The van der Waals surface area contributed by atoms with Gasteiger partial charge in [0.1, 0.15) is 5.75 Å². The molecule has 0 atom stereocenters. The molecule has 0 radical (unpaired) electrons. The summed E-state index contributed by atoms with van der Waals surface area (Å²) in [4.78, 5) is 27.7. The van der Waals surface area contributed by atoms with Gasteiger partial charge in [-0.3, -0.25) is 9.59 Å². The van der Waals surface area contributed by atoms with E-state index >= 15 is 0 Å². The Morgan fingerprint density at radius 1 is 0.946 bits per heavy atom. The molecule has 0 aliphatic carbocycles. The molecule has 1 fully saturated rings. The minimum Gasteiger partial charge on any atom is -0.497 e. The van der Waals surface area contributed by atoms with Crippen molar-refractivity contribution in [1.29, 1.82) is 0 Å². The van der Waals surface area contributed by atoms with E-state index < -0.39 is 11.7 Å². The monoisotopic (exact) mass is 511 g/mol. The molecular weight excluding hydrogens is 483 g/mol. The Balaban J connectivity index is 1.35. The smallest absolute Gasteiger partial charge is 0.416 e. The highest BCUT2D eigenvalue weighted by Crippen LogP contribution is 2.30. The van der Waals surface area contributed by atoms with E-state index in [1.807, 2.05) is 12.1 Å². The van der Waals surface area contributed by atoms with E-state index in [0.717, 1.165) is 17.8 Å². The second-order valence-electron chi connectivity index (χ2n) is 8.86. The zero-order valence-electron chi connectivity index (χ0n) is 20.3. The zero-order chi connectivity index (χ0) is 26.4. The summed E-state index contributed by atoms with van der Waals surface area (Å²) in [5, 5.41) is 5.80. The first-order valence-corrected chi connectivity index (χ1v) is 12.0.